The summed E-state index contributed by atoms with van der Waals surface area (Å²) in [7, 11) is 0. The molecule has 0 aliphatic carbocycles. The number of fused-ring (bicyclic) bond motifs is 1. The van der Waals surface area contributed by atoms with Crippen molar-refractivity contribution < 1.29 is 0 Å². The Morgan fingerprint density at radius 1 is 1.44 bits per heavy atom. The van der Waals surface area contributed by atoms with Crippen LogP contribution in [0.1, 0.15) is 25.6 Å². The van der Waals surface area contributed by atoms with Crippen LogP contribution in [-0.4, -0.2) is 33.4 Å². The molecule has 0 spiro atoms. The molecular formula is C14H18BrN3. The third-order valence-electron chi connectivity index (χ3n) is 3.90. The molecule has 18 heavy (non-hydrogen) atoms. The van der Waals surface area contributed by atoms with Gasteiger partial charge in [-0.15, -0.1) is 0 Å². The summed E-state index contributed by atoms with van der Waals surface area (Å²) < 4.78 is 3.31. The largest absolute Gasteiger partial charge is 0.300 e. The number of likely N-dealkylation sites (tertiary alicyclic amines) is 1. The van der Waals surface area contributed by atoms with E-state index in [2.05, 4.69) is 55.3 Å². The van der Waals surface area contributed by atoms with Gasteiger partial charge in [-0.1, -0.05) is 13.0 Å². The fraction of sp³-hybridized carbons (Fsp3) is 0.500. The van der Waals surface area contributed by atoms with Crippen molar-refractivity contribution in [2.24, 2.45) is 0 Å². The van der Waals surface area contributed by atoms with Crippen molar-refractivity contribution in [3.8, 4) is 0 Å². The van der Waals surface area contributed by atoms with Gasteiger partial charge in [-0.25, -0.2) is 4.98 Å². The second-order valence-electron chi connectivity index (χ2n) is 4.91. The molecule has 0 N–H and O–H groups in total. The van der Waals surface area contributed by atoms with Crippen molar-refractivity contribution in [3.05, 3.63) is 34.8 Å². The molecule has 0 amide bonds. The van der Waals surface area contributed by atoms with E-state index < -0.39 is 0 Å². The first-order valence-corrected chi connectivity index (χ1v) is 7.44. The van der Waals surface area contributed by atoms with Crippen LogP contribution in [0.3, 0.4) is 0 Å². The lowest BCUT2D eigenvalue weighted by atomic mass is 10.1. The molecule has 2 aromatic heterocycles. The van der Waals surface area contributed by atoms with E-state index in [1.165, 1.54) is 30.7 Å². The summed E-state index contributed by atoms with van der Waals surface area (Å²) in [5, 5.41) is 0. The average Bonchev–Trinajstić information content (AvgIpc) is 2.97. The molecule has 1 saturated heterocycles. The predicted molar refractivity (Wildman–Crippen MR) is 76.9 cm³/mol. The summed E-state index contributed by atoms with van der Waals surface area (Å²) in [4.78, 5) is 7.16. The van der Waals surface area contributed by atoms with Crippen LogP contribution >= 0.6 is 15.9 Å². The fourth-order valence-corrected chi connectivity index (χ4v) is 3.53. The van der Waals surface area contributed by atoms with E-state index in [9.17, 15) is 0 Å². The molecule has 0 bridgehead atoms. The zero-order chi connectivity index (χ0) is 12.5. The van der Waals surface area contributed by atoms with Gasteiger partial charge in [0.05, 0.1) is 16.3 Å². The Kier molecular flexibility index (Phi) is 3.39. The third-order valence-corrected chi connectivity index (χ3v) is 4.52. The number of nitrogens with zero attached hydrogens (tertiary/aromatic N) is 3. The lowest BCUT2D eigenvalue weighted by Gasteiger charge is -2.22. The number of imidazole rings is 1. The normalized spacial score (nSPS) is 20.9. The minimum atomic E-state index is 0.660. The van der Waals surface area contributed by atoms with Crippen molar-refractivity contribution in [2.45, 2.75) is 32.2 Å². The molecule has 0 saturated carbocycles. The van der Waals surface area contributed by atoms with Gasteiger partial charge in [0.1, 0.15) is 5.82 Å². The smallest absolute Gasteiger partial charge is 0.115 e. The maximum absolute atomic E-state index is 4.59. The Morgan fingerprint density at radius 3 is 3.17 bits per heavy atom. The minimum Gasteiger partial charge on any atom is -0.300 e. The van der Waals surface area contributed by atoms with Gasteiger partial charge in [-0.2, -0.15) is 0 Å². The van der Waals surface area contributed by atoms with Crippen molar-refractivity contribution in [1.29, 1.82) is 0 Å². The number of rotatable bonds is 3. The van der Waals surface area contributed by atoms with Crippen LogP contribution < -0.4 is 0 Å². The summed E-state index contributed by atoms with van der Waals surface area (Å²) in [5.41, 5.74) is 1.17. The molecule has 3 rings (SSSR count). The van der Waals surface area contributed by atoms with Crippen LogP contribution in [0.2, 0.25) is 0 Å². The Morgan fingerprint density at radius 2 is 2.33 bits per heavy atom. The van der Waals surface area contributed by atoms with Gasteiger partial charge in [0, 0.05) is 12.5 Å². The van der Waals surface area contributed by atoms with Crippen molar-refractivity contribution in [1.82, 2.24) is 14.3 Å². The quantitative estimate of drug-likeness (QED) is 0.812. The van der Waals surface area contributed by atoms with Crippen molar-refractivity contribution >= 4 is 21.4 Å². The van der Waals surface area contributed by atoms with Crippen LogP contribution in [0, 0.1) is 0 Å². The molecule has 0 aromatic carbocycles. The van der Waals surface area contributed by atoms with E-state index in [4.69, 9.17) is 0 Å². The summed E-state index contributed by atoms with van der Waals surface area (Å²) in [5.74, 6) is 1.17. The Hall–Kier alpha value is -0.870. The number of hydrogen-bond acceptors (Lipinski definition) is 2. The Bertz CT molecular complexity index is 549. The van der Waals surface area contributed by atoms with E-state index in [1.807, 2.05) is 6.20 Å². The highest BCUT2D eigenvalue weighted by Crippen LogP contribution is 2.22. The van der Waals surface area contributed by atoms with E-state index in [0.29, 0.717) is 6.04 Å². The molecule has 1 aliphatic heterocycles. The minimum absolute atomic E-state index is 0.660. The highest BCUT2D eigenvalue weighted by molar-refractivity contribution is 9.10. The van der Waals surface area contributed by atoms with Gasteiger partial charge in [0.15, 0.2) is 0 Å². The lowest BCUT2D eigenvalue weighted by molar-refractivity contribution is 0.263. The van der Waals surface area contributed by atoms with Gasteiger partial charge >= 0.3 is 0 Å². The summed E-state index contributed by atoms with van der Waals surface area (Å²) in [6.45, 7) is 4.64. The molecule has 96 valence electrons. The molecule has 0 radical (unpaired) electrons. The maximum Gasteiger partial charge on any atom is 0.115 e. The van der Waals surface area contributed by atoms with Crippen LogP contribution in [0.25, 0.3) is 5.52 Å². The summed E-state index contributed by atoms with van der Waals surface area (Å²) >= 11 is 3.62. The number of hydrogen-bond donors (Lipinski definition) is 0. The molecular weight excluding hydrogens is 290 g/mol. The second-order valence-corrected chi connectivity index (χ2v) is 5.72. The zero-order valence-electron chi connectivity index (χ0n) is 10.6. The van der Waals surface area contributed by atoms with Crippen LogP contribution in [0.4, 0.5) is 0 Å². The van der Waals surface area contributed by atoms with E-state index in [-0.39, 0.29) is 0 Å². The number of aromatic nitrogens is 2. The maximum atomic E-state index is 4.59. The number of halogens is 1. The average molecular weight is 308 g/mol. The van der Waals surface area contributed by atoms with Gasteiger partial charge in [0.25, 0.3) is 0 Å². The second kappa shape index (κ2) is 5.02. The molecule has 1 fully saturated rings. The van der Waals surface area contributed by atoms with Crippen LogP contribution in [0.5, 0.6) is 0 Å². The summed E-state index contributed by atoms with van der Waals surface area (Å²) in [6.07, 6.45) is 5.63. The van der Waals surface area contributed by atoms with Crippen LogP contribution in [-0.2, 0) is 6.42 Å². The molecule has 1 aliphatic rings. The van der Waals surface area contributed by atoms with Crippen LogP contribution in [0.15, 0.2) is 29.0 Å². The standard InChI is InChI=1S/C14H18BrN3/c1-2-17-8-4-6-11(17)9-14-16-10-12-5-3-7-13(15)18(12)14/h3,5,7,10-11H,2,4,6,8-9H2,1H3. The molecule has 4 heteroatoms. The molecule has 1 atom stereocenters. The Balaban J connectivity index is 1.91. The molecule has 1 unspecified atom stereocenters. The monoisotopic (exact) mass is 307 g/mol. The SMILES string of the molecule is CCN1CCCC1Cc1ncc2cccc(Br)n12. The van der Waals surface area contributed by atoms with Gasteiger partial charge in [0.2, 0.25) is 0 Å². The molecule has 3 heterocycles. The first-order valence-electron chi connectivity index (χ1n) is 6.64. The third kappa shape index (κ3) is 2.08. The van der Waals surface area contributed by atoms with Crippen molar-refractivity contribution in [2.75, 3.05) is 13.1 Å². The summed E-state index contributed by atoms with van der Waals surface area (Å²) in [6, 6.07) is 6.89. The number of likely N-dealkylation sites (N-methyl/N-ethyl adjacent to an activating group) is 1. The molecule has 3 nitrogen and oxygen atoms in total. The van der Waals surface area contributed by atoms with Gasteiger partial charge in [-0.3, -0.25) is 4.40 Å². The van der Waals surface area contributed by atoms with E-state index in [0.717, 1.165) is 17.6 Å². The van der Waals surface area contributed by atoms with E-state index >= 15 is 0 Å². The Labute approximate surface area is 116 Å². The number of pyridine rings is 1. The van der Waals surface area contributed by atoms with E-state index in [1.54, 1.807) is 0 Å². The zero-order valence-corrected chi connectivity index (χ0v) is 12.2. The van der Waals surface area contributed by atoms with Crippen molar-refractivity contribution in [3.63, 3.8) is 0 Å². The topological polar surface area (TPSA) is 20.5 Å². The van der Waals surface area contributed by atoms with Gasteiger partial charge in [-0.05, 0) is 54.0 Å². The predicted octanol–water partition coefficient (Wildman–Crippen LogP) is 3.12. The first kappa shape index (κ1) is 12.2. The highest BCUT2D eigenvalue weighted by Gasteiger charge is 2.24. The van der Waals surface area contributed by atoms with Gasteiger partial charge < -0.3 is 4.90 Å². The lowest BCUT2D eigenvalue weighted by Crippen LogP contribution is -2.31. The first-order chi connectivity index (χ1) is 8.79. The fourth-order valence-electron chi connectivity index (χ4n) is 2.97. The molecule has 2 aromatic rings. The highest BCUT2D eigenvalue weighted by atomic mass is 79.9.